The van der Waals surface area contributed by atoms with Gasteiger partial charge in [-0.2, -0.15) is 0 Å². The highest BCUT2D eigenvalue weighted by atomic mass is 35.5. The topological polar surface area (TPSA) is 34.2 Å². The van der Waals surface area contributed by atoms with Crippen LogP contribution in [0.4, 0.5) is 10.2 Å². The van der Waals surface area contributed by atoms with Crippen LogP contribution < -0.4 is 5.32 Å². The Morgan fingerprint density at radius 1 is 1.53 bits per heavy atom. The van der Waals surface area contributed by atoms with Gasteiger partial charge in [0.15, 0.2) is 11.6 Å². The van der Waals surface area contributed by atoms with E-state index in [-0.39, 0.29) is 11.2 Å². The second-order valence-electron chi connectivity index (χ2n) is 4.76. The summed E-state index contributed by atoms with van der Waals surface area (Å²) in [6, 6.07) is 1.27. The van der Waals surface area contributed by atoms with Gasteiger partial charge in [0.05, 0.1) is 5.02 Å². The number of hydrogen-bond acceptors (Lipinski definition) is 3. The summed E-state index contributed by atoms with van der Waals surface area (Å²) in [4.78, 5) is 3.94. The molecule has 0 spiro atoms. The van der Waals surface area contributed by atoms with E-state index in [0.717, 1.165) is 26.1 Å². The zero-order chi connectivity index (χ0) is 12.3. The van der Waals surface area contributed by atoms with E-state index >= 15 is 0 Å². The van der Waals surface area contributed by atoms with Crippen LogP contribution in [-0.2, 0) is 4.74 Å². The minimum atomic E-state index is -0.409. The predicted molar refractivity (Wildman–Crippen MR) is 65.9 cm³/mol. The number of anilines is 1. The summed E-state index contributed by atoms with van der Waals surface area (Å²) in [5.41, 5.74) is 0.145. The Morgan fingerprint density at radius 3 is 2.88 bits per heavy atom. The van der Waals surface area contributed by atoms with Crippen molar-refractivity contribution in [2.45, 2.75) is 19.8 Å². The molecule has 1 aliphatic heterocycles. The Kier molecular flexibility index (Phi) is 3.84. The Bertz CT molecular complexity index is 394. The van der Waals surface area contributed by atoms with Crippen molar-refractivity contribution >= 4 is 17.4 Å². The van der Waals surface area contributed by atoms with Gasteiger partial charge in [-0.25, -0.2) is 9.37 Å². The fourth-order valence-corrected chi connectivity index (χ4v) is 2.03. The van der Waals surface area contributed by atoms with Crippen molar-refractivity contribution in [3.8, 4) is 0 Å². The van der Waals surface area contributed by atoms with E-state index < -0.39 is 5.82 Å². The van der Waals surface area contributed by atoms with Crippen molar-refractivity contribution in [1.29, 1.82) is 0 Å². The molecule has 2 rings (SSSR count). The normalized spacial score (nSPS) is 19.0. The molecule has 0 amide bonds. The van der Waals surface area contributed by atoms with Crippen molar-refractivity contribution in [2.75, 3.05) is 25.1 Å². The molecule has 1 fully saturated rings. The molecule has 1 aromatic heterocycles. The molecule has 1 N–H and O–H groups in total. The first-order valence-electron chi connectivity index (χ1n) is 5.72. The van der Waals surface area contributed by atoms with Gasteiger partial charge in [0.2, 0.25) is 0 Å². The van der Waals surface area contributed by atoms with Crippen LogP contribution in [0.25, 0.3) is 0 Å². The molecule has 0 saturated carbocycles. The van der Waals surface area contributed by atoms with Crippen LogP contribution in [0, 0.1) is 11.2 Å². The summed E-state index contributed by atoms with van der Waals surface area (Å²) in [5.74, 6) is -0.143. The van der Waals surface area contributed by atoms with Crippen LogP contribution in [0.3, 0.4) is 0 Å². The first-order chi connectivity index (χ1) is 8.09. The molecule has 2 heterocycles. The highest BCUT2D eigenvalue weighted by Gasteiger charge is 2.27. The Labute approximate surface area is 105 Å². The van der Waals surface area contributed by atoms with Gasteiger partial charge < -0.3 is 10.1 Å². The Hall–Kier alpha value is -0.870. The van der Waals surface area contributed by atoms with Crippen molar-refractivity contribution in [3.05, 3.63) is 23.1 Å². The molecule has 0 aliphatic carbocycles. The predicted octanol–water partition coefficient (Wildman–Crippen LogP) is 3.10. The van der Waals surface area contributed by atoms with Crippen molar-refractivity contribution in [1.82, 2.24) is 4.98 Å². The molecule has 0 aromatic carbocycles. The Morgan fingerprint density at radius 2 is 2.24 bits per heavy atom. The molecular weight excluding hydrogens is 243 g/mol. The van der Waals surface area contributed by atoms with E-state index in [9.17, 15) is 4.39 Å². The minimum absolute atomic E-state index is 0.145. The summed E-state index contributed by atoms with van der Waals surface area (Å²) in [6.07, 6.45) is 3.41. The summed E-state index contributed by atoms with van der Waals surface area (Å²) < 4.78 is 18.8. The van der Waals surface area contributed by atoms with E-state index in [1.54, 1.807) is 0 Å². The Balaban J connectivity index is 1.97. The lowest BCUT2D eigenvalue weighted by atomic mass is 9.82. The molecule has 17 heavy (non-hydrogen) atoms. The van der Waals surface area contributed by atoms with Gasteiger partial charge in [0.1, 0.15) is 0 Å². The quantitative estimate of drug-likeness (QED) is 0.905. The van der Waals surface area contributed by atoms with Gasteiger partial charge in [-0.1, -0.05) is 18.5 Å². The third-order valence-electron chi connectivity index (χ3n) is 3.19. The number of hydrogen-bond donors (Lipinski definition) is 1. The van der Waals surface area contributed by atoms with Crippen LogP contribution in [-0.4, -0.2) is 24.7 Å². The molecule has 0 atom stereocenters. The van der Waals surface area contributed by atoms with Crippen molar-refractivity contribution in [2.24, 2.45) is 5.41 Å². The molecule has 1 aromatic rings. The van der Waals surface area contributed by atoms with Gasteiger partial charge >= 0.3 is 0 Å². The number of ether oxygens (including phenoxy) is 1. The first kappa shape index (κ1) is 12.6. The van der Waals surface area contributed by atoms with E-state index in [1.807, 2.05) is 0 Å². The summed E-state index contributed by atoms with van der Waals surface area (Å²) in [7, 11) is 0. The molecule has 3 nitrogen and oxygen atoms in total. The third-order valence-corrected chi connectivity index (χ3v) is 3.40. The van der Waals surface area contributed by atoms with E-state index in [1.165, 1.54) is 12.3 Å². The second-order valence-corrected chi connectivity index (χ2v) is 5.20. The van der Waals surface area contributed by atoms with Gasteiger partial charge in [-0.15, -0.1) is 0 Å². The highest BCUT2D eigenvalue weighted by molar-refractivity contribution is 6.30. The second kappa shape index (κ2) is 5.19. The largest absolute Gasteiger partial charge is 0.381 e. The average molecular weight is 259 g/mol. The lowest BCUT2D eigenvalue weighted by Crippen LogP contribution is -2.33. The van der Waals surface area contributed by atoms with Crippen LogP contribution in [0.1, 0.15) is 19.8 Å². The number of halogens is 2. The maximum atomic E-state index is 13.5. The molecule has 94 valence electrons. The smallest absolute Gasteiger partial charge is 0.166 e. The zero-order valence-corrected chi connectivity index (χ0v) is 10.6. The van der Waals surface area contributed by atoms with Crippen LogP contribution in [0.2, 0.25) is 5.02 Å². The number of nitrogens with zero attached hydrogens (tertiary/aromatic N) is 1. The summed E-state index contributed by atoms with van der Waals surface area (Å²) in [6.45, 7) is 4.42. The lowest BCUT2D eigenvalue weighted by molar-refractivity contribution is 0.0299. The first-order valence-corrected chi connectivity index (χ1v) is 6.10. The van der Waals surface area contributed by atoms with Crippen molar-refractivity contribution in [3.63, 3.8) is 0 Å². The monoisotopic (exact) mass is 258 g/mol. The number of aromatic nitrogens is 1. The van der Waals surface area contributed by atoms with E-state index in [4.69, 9.17) is 16.3 Å². The minimum Gasteiger partial charge on any atom is -0.381 e. The summed E-state index contributed by atoms with van der Waals surface area (Å²) >= 11 is 5.65. The highest BCUT2D eigenvalue weighted by Crippen LogP contribution is 2.30. The fourth-order valence-electron chi connectivity index (χ4n) is 1.88. The molecule has 0 unspecified atom stereocenters. The molecule has 5 heteroatoms. The molecule has 1 saturated heterocycles. The maximum Gasteiger partial charge on any atom is 0.166 e. The third kappa shape index (κ3) is 3.30. The van der Waals surface area contributed by atoms with Gasteiger partial charge in [-0.3, -0.25) is 0 Å². The number of pyridine rings is 1. The molecule has 0 radical (unpaired) electrons. The number of nitrogens with one attached hydrogen (secondary N) is 1. The van der Waals surface area contributed by atoms with E-state index in [2.05, 4.69) is 17.2 Å². The maximum absolute atomic E-state index is 13.5. The SMILES string of the molecule is CC1(CNc2ncc(Cl)cc2F)CCOCC1. The molecule has 0 bridgehead atoms. The lowest BCUT2D eigenvalue weighted by Gasteiger charge is -2.33. The van der Waals surface area contributed by atoms with Gasteiger partial charge in [-0.05, 0) is 24.3 Å². The van der Waals surface area contributed by atoms with Crippen LogP contribution >= 0.6 is 11.6 Å². The summed E-state index contributed by atoms with van der Waals surface area (Å²) in [5, 5.41) is 3.36. The fraction of sp³-hybridized carbons (Fsp3) is 0.583. The van der Waals surface area contributed by atoms with Gasteiger partial charge in [0, 0.05) is 26.0 Å². The van der Waals surface area contributed by atoms with E-state index in [0.29, 0.717) is 11.6 Å². The molecule has 1 aliphatic rings. The number of rotatable bonds is 3. The standard InChI is InChI=1S/C12H16ClFN2O/c1-12(2-4-17-5-3-12)8-16-11-10(14)6-9(13)7-15-11/h6-7H,2-5,8H2,1H3,(H,15,16). The van der Waals surface area contributed by atoms with Crippen molar-refractivity contribution < 1.29 is 9.13 Å². The van der Waals surface area contributed by atoms with Crippen LogP contribution in [0.5, 0.6) is 0 Å². The zero-order valence-electron chi connectivity index (χ0n) is 9.80. The average Bonchev–Trinajstić information content (AvgIpc) is 2.29. The molecular formula is C12H16ClFN2O. The van der Waals surface area contributed by atoms with Gasteiger partial charge in [0.25, 0.3) is 0 Å². The van der Waals surface area contributed by atoms with Crippen LogP contribution in [0.15, 0.2) is 12.3 Å².